The summed E-state index contributed by atoms with van der Waals surface area (Å²) < 4.78 is 12.6. The average molecular weight is 381 g/mol. The van der Waals surface area contributed by atoms with Crippen LogP contribution < -0.4 is 9.47 Å². The van der Waals surface area contributed by atoms with Crippen molar-refractivity contribution >= 4 is 17.5 Å². The van der Waals surface area contributed by atoms with Crippen LogP contribution >= 0.6 is 11.8 Å². The van der Waals surface area contributed by atoms with E-state index in [9.17, 15) is 4.79 Å². The number of thioether (sulfide) groups is 1. The molecule has 1 aliphatic heterocycles. The Kier molecular flexibility index (Phi) is 4.85. The minimum atomic E-state index is 0.0729. The van der Waals surface area contributed by atoms with E-state index in [1.807, 2.05) is 54.1 Å². The molecule has 2 heterocycles. The number of hydrogen-bond acceptors (Lipinski definition) is 6. The highest BCUT2D eigenvalue weighted by Gasteiger charge is 2.17. The molecule has 0 atom stereocenters. The van der Waals surface area contributed by atoms with Crippen molar-refractivity contribution in [2.45, 2.75) is 11.6 Å². The summed E-state index contributed by atoms with van der Waals surface area (Å²) in [5, 5.41) is 9.20. The fourth-order valence-corrected chi connectivity index (χ4v) is 3.81. The van der Waals surface area contributed by atoms with Gasteiger partial charge in [-0.25, -0.2) is 0 Å². The second-order valence-electron chi connectivity index (χ2n) is 6.23. The lowest BCUT2D eigenvalue weighted by atomic mass is 10.1. The number of ether oxygens (including phenoxy) is 2. The third kappa shape index (κ3) is 3.55. The number of hydrogen-bond donors (Lipinski definition) is 0. The van der Waals surface area contributed by atoms with Crippen molar-refractivity contribution in [1.82, 2.24) is 14.8 Å². The maximum absolute atomic E-state index is 12.5. The molecule has 2 aromatic carbocycles. The first-order chi connectivity index (χ1) is 13.2. The van der Waals surface area contributed by atoms with E-state index in [1.54, 1.807) is 7.11 Å². The number of ketones is 1. The number of methoxy groups -OCH3 is 1. The molecular weight excluding hydrogens is 362 g/mol. The predicted octanol–water partition coefficient (Wildman–Crippen LogP) is 3.40. The molecule has 1 aromatic heterocycles. The quantitative estimate of drug-likeness (QED) is 0.482. The van der Waals surface area contributed by atoms with Crippen LogP contribution in [0.3, 0.4) is 0 Å². The van der Waals surface area contributed by atoms with Crippen molar-refractivity contribution in [3.05, 3.63) is 53.6 Å². The van der Waals surface area contributed by atoms with Crippen molar-refractivity contribution in [2.24, 2.45) is 7.05 Å². The molecule has 0 bridgehead atoms. The van der Waals surface area contributed by atoms with Crippen LogP contribution in [0, 0.1) is 0 Å². The molecular formula is C20H19N3O3S. The molecule has 0 N–H and O–H groups in total. The molecule has 0 saturated carbocycles. The summed E-state index contributed by atoms with van der Waals surface area (Å²) >= 11 is 1.39. The van der Waals surface area contributed by atoms with Crippen LogP contribution in [0.15, 0.2) is 47.6 Å². The molecule has 0 fully saturated rings. The number of Topliss-reactive ketones (excluding diaryl/α,β-unsaturated/α-hetero) is 1. The first-order valence-corrected chi connectivity index (χ1v) is 9.60. The van der Waals surface area contributed by atoms with Gasteiger partial charge >= 0.3 is 0 Å². The van der Waals surface area contributed by atoms with Crippen molar-refractivity contribution in [3.63, 3.8) is 0 Å². The van der Waals surface area contributed by atoms with Gasteiger partial charge in [0, 0.05) is 24.6 Å². The van der Waals surface area contributed by atoms with Crippen LogP contribution in [0.1, 0.15) is 15.9 Å². The van der Waals surface area contributed by atoms with Crippen molar-refractivity contribution in [1.29, 1.82) is 0 Å². The van der Waals surface area contributed by atoms with Gasteiger partial charge in [-0.05, 0) is 48.0 Å². The summed E-state index contributed by atoms with van der Waals surface area (Å²) in [6, 6.07) is 13.3. The van der Waals surface area contributed by atoms with E-state index in [0.29, 0.717) is 23.1 Å². The third-order valence-corrected chi connectivity index (χ3v) is 5.55. The van der Waals surface area contributed by atoms with Crippen LogP contribution in [-0.4, -0.2) is 40.0 Å². The largest absolute Gasteiger partial charge is 0.497 e. The summed E-state index contributed by atoms with van der Waals surface area (Å²) in [5.74, 6) is 2.82. The average Bonchev–Trinajstić information content (AvgIpc) is 3.32. The van der Waals surface area contributed by atoms with Crippen molar-refractivity contribution in [2.75, 3.05) is 19.5 Å². The number of carbonyl (C=O) groups excluding carboxylic acids is 1. The fourth-order valence-electron chi connectivity index (χ4n) is 3.01. The standard InChI is InChI=1S/C20H19N3O3S/c1-23-19(13-3-6-16(25-2)7-4-13)21-22-20(23)27-12-17(24)14-5-8-18-15(11-14)9-10-26-18/h3-8,11H,9-10,12H2,1-2H3. The Morgan fingerprint density at radius 2 is 2.04 bits per heavy atom. The summed E-state index contributed by atoms with van der Waals surface area (Å²) in [5.41, 5.74) is 2.76. The maximum atomic E-state index is 12.5. The van der Waals surface area contributed by atoms with Gasteiger partial charge in [0.25, 0.3) is 0 Å². The van der Waals surface area contributed by atoms with Crippen LogP contribution in [0.25, 0.3) is 11.4 Å². The van der Waals surface area contributed by atoms with Gasteiger partial charge < -0.3 is 14.0 Å². The van der Waals surface area contributed by atoms with E-state index in [4.69, 9.17) is 9.47 Å². The van der Waals surface area contributed by atoms with Crippen LogP contribution in [0.2, 0.25) is 0 Å². The lowest BCUT2D eigenvalue weighted by Gasteiger charge is -2.06. The number of benzene rings is 2. The molecule has 0 aliphatic carbocycles. The highest BCUT2D eigenvalue weighted by atomic mass is 32.2. The third-order valence-electron chi connectivity index (χ3n) is 4.53. The summed E-state index contributed by atoms with van der Waals surface area (Å²) in [7, 11) is 3.54. The first-order valence-electron chi connectivity index (χ1n) is 8.61. The number of aromatic nitrogens is 3. The first kappa shape index (κ1) is 17.6. The molecule has 4 rings (SSSR count). The topological polar surface area (TPSA) is 66.2 Å². The normalized spacial score (nSPS) is 12.5. The maximum Gasteiger partial charge on any atom is 0.191 e. The molecule has 0 radical (unpaired) electrons. The lowest BCUT2D eigenvalue weighted by molar-refractivity contribution is 0.102. The van der Waals surface area contributed by atoms with Gasteiger partial charge in [0.1, 0.15) is 11.5 Å². The Bertz CT molecular complexity index is 983. The van der Waals surface area contributed by atoms with Gasteiger partial charge in [0.05, 0.1) is 19.5 Å². The Morgan fingerprint density at radius 3 is 2.81 bits per heavy atom. The van der Waals surface area contributed by atoms with E-state index in [-0.39, 0.29) is 5.78 Å². The zero-order chi connectivity index (χ0) is 18.8. The van der Waals surface area contributed by atoms with Crippen LogP contribution in [0.5, 0.6) is 11.5 Å². The van der Waals surface area contributed by atoms with Crippen LogP contribution in [0.4, 0.5) is 0 Å². The van der Waals surface area contributed by atoms with Gasteiger partial charge in [-0.15, -0.1) is 10.2 Å². The Balaban J connectivity index is 1.45. The van der Waals surface area contributed by atoms with E-state index >= 15 is 0 Å². The molecule has 27 heavy (non-hydrogen) atoms. The zero-order valence-electron chi connectivity index (χ0n) is 15.1. The Morgan fingerprint density at radius 1 is 1.22 bits per heavy atom. The minimum absolute atomic E-state index is 0.0729. The lowest BCUT2D eigenvalue weighted by Crippen LogP contribution is -2.04. The smallest absolute Gasteiger partial charge is 0.191 e. The Hall–Kier alpha value is -2.80. The summed E-state index contributed by atoms with van der Waals surface area (Å²) in [4.78, 5) is 12.5. The molecule has 3 aromatic rings. The number of fused-ring (bicyclic) bond motifs is 1. The molecule has 0 amide bonds. The number of rotatable bonds is 6. The van der Waals surface area contributed by atoms with Gasteiger partial charge in [0.2, 0.25) is 0 Å². The molecule has 0 saturated heterocycles. The summed E-state index contributed by atoms with van der Waals surface area (Å²) in [6.45, 7) is 0.689. The Labute approximate surface area is 161 Å². The van der Waals surface area contributed by atoms with Crippen molar-refractivity contribution in [3.8, 4) is 22.9 Å². The van der Waals surface area contributed by atoms with Gasteiger partial charge in [-0.2, -0.15) is 0 Å². The predicted molar refractivity (Wildman–Crippen MR) is 104 cm³/mol. The zero-order valence-corrected chi connectivity index (χ0v) is 16.0. The highest BCUT2D eigenvalue weighted by Crippen LogP contribution is 2.28. The molecule has 7 heteroatoms. The van der Waals surface area contributed by atoms with Gasteiger partial charge in [0.15, 0.2) is 16.8 Å². The second-order valence-corrected chi connectivity index (χ2v) is 7.17. The minimum Gasteiger partial charge on any atom is -0.497 e. The second kappa shape index (κ2) is 7.44. The fraction of sp³-hybridized carbons (Fsp3) is 0.250. The van der Waals surface area contributed by atoms with E-state index in [0.717, 1.165) is 34.9 Å². The number of carbonyl (C=O) groups is 1. The van der Waals surface area contributed by atoms with E-state index < -0.39 is 0 Å². The molecule has 6 nitrogen and oxygen atoms in total. The van der Waals surface area contributed by atoms with Crippen LogP contribution in [-0.2, 0) is 13.5 Å². The molecule has 1 aliphatic rings. The SMILES string of the molecule is COc1ccc(-c2nnc(SCC(=O)c3ccc4c(c3)CCO4)n2C)cc1. The van der Waals surface area contributed by atoms with Gasteiger partial charge in [-0.1, -0.05) is 11.8 Å². The molecule has 0 spiro atoms. The molecule has 138 valence electrons. The summed E-state index contributed by atoms with van der Waals surface area (Å²) in [6.07, 6.45) is 0.859. The molecule has 0 unspecified atom stereocenters. The van der Waals surface area contributed by atoms with Crippen molar-refractivity contribution < 1.29 is 14.3 Å². The number of nitrogens with zero attached hydrogens (tertiary/aromatic N) is 3. The van der Waals surface area contributed by atoms with Gasteiger partial charge in [-0.3, -0.25) is 4.79 Å². The van der Waals surface area contributed by atoms with E-state index in [1.165, 1.54) is 11.8 Å². The van der Waals surface area contributed by atoms with E-state index in [2.05, 4.69) is 10.2 Å². The highest BCUT2D eigenvalue weighted by molar-refractivity contribution is 7.99. The monoisotopic (exact) mass is 381 g/mol.